The van der Waals surface area contributed by atoms with E-state index in [4.69, 9.17) is 5.26 Å². The molecule has 0 spiro atoms. The summed E-state index contributed by atoms with van der Waals surface area (Å²) in [5.74, 6) is 0.876. The molecule has 0 unspecified atom stereocenters. The Morgan fingerprint density at radius 1 is 1.20 bits per heavy atom. The molecule has 0 aromatic heterocycles. The number of benzene rings is 1. The average Bonchev–Trinajstić information content (AvgIpc) is 2.42. The Morgan fingerprint density at radius 3 is 2.25 bits per heavy atom. The molecule has 0 radical (unpaired) electrons. The SMILES string of the molecule is CC(C)CN(CCC#N)C(=O)c1ccc(C(C)C)cc1. The number of nitrogens with zero attached hydrogens (tertiary/aromatic N) is 2. The van der Waals surface area contributed by atoms with E-state index in [9.17, 15) is 4.79 Å². The molecular weight excluding hydrogens is 248 g/mol. The van der Waals surface area contributed by atoms with E-state index in [2.05, 4.69) is 33.8 Å². The van der Waals surface area contributed by atoms with Crippen molar-refractivity contribution in [1.82, 2.24) is 4.90 Å². The van der Waals surface area contributed by atoms with Crippen molar-refractivity contribution in [2.45, 2.75) is 40.0 Å². The Hall–Kier alpha value is -1.82. The second-order valence-electron chi connectivity index (χ2n) is 5.83. The lowest BCUT2D eigenvalue weighted by Gasteiger charge is -2.24. The van der Waals surface area contributed by atoms with Crippen LogP contribution in [0.5, 0.6) is 0 Å². The van der Waals surface area contributed by atoms with Crippen LogP contribution in [-0.2, 0) is 0 Å². The summed E-state index contributed by atoms with van der Waals surface area (Å²) in [5.41, 5.74) is 1.93. The van der Waals surface area contributed by atoms with Gasteiger partial charge in [-0.3, -0.25) is 4.79 Å². The lowest BCUT2D eigenvalue weighted by atomic mass is 10.0. The quantitative estimate of drug-likeness (QED) is 0.790. The van der Waals surface area contributed by atoms with E-state index in [1.807, 2.05) is 24.3 Å². The fourth-order valence-corrected chi connectivity index (χ4v) is 2.09. The maximum Gasteiger partial charge on any atom is 0.253 e. The smallest absolute Gasteiger partial charge is 0.253 e. The predicted molar refractivity (Wildman–Crippen MR) is 81.5 cm³/mol. The summed E-state index contributed by atoms with van der Waals surface area (Å²) in [4.78, 5) is 14.3. The minimum Gasteiger partial charge on any atom is -0.337 e. The fourth-order valence-electron chi connectivity index (χ4n) is 2.09. The van der Waals surface area contributed by atoms with Gasteiger partial charge < -0.3 is 4.90 Å². The average molecular weight is 272 g/mol. The first kappa shape index (κ1) is 16.2. The first-order valence-electron chi connectivity index (χ1n) is 7.22. The van der Waals surface area contributed by atoms with E-state index in [0.29, 0.717) is 36.9 Å². The number of carbonyl (C=O) groups is 1. The van der Waals surface area contributed by atoms with Gasteiger partial charge in [-0.1, -0.05) is 39.8 Å². The predicted octanol–water partition coefficient (Wildman–Crippen LogP) is 3.82. The van der Waals surface area contributed by atoms with E-state index < -0.39 is 0 Å². The van der Waals surface area contributed by atoms with Crippen LogP contribution in [0.3, 0.4) is 0 Å². The van der Waals surface area contributed by atoms with Gasteiger partial charge in [0.2, 0.25) is 0 Å². The number of nitriles is 1. The molecule has 3 nitrogen and oxygen atoms in total. The zero-order valence-electron chi connectivity index (χ0n) is 12.9. The molecule has 3 heteroatoms. The van der Waals surface area contributed by atoms with Crippen molar-refractivity contribution in [1.29, 1.82) is 5.26 Å². The molecule has 0 heterocycles. The summed E-state index contributed by atoms with van der Waals surface area (Å²) < 4.78 is 0. The molecule has 0 aliphatic heterocycles. The molecule has 0 saturated carbocycles. The van der Waals surface area contributed by atoms with Crippen LogP contribution >= 0.6 is 0 Å². The van der Waals surface area contributed by atoms with E-state index in [1.165, 1.54) is 5.56 Å². The van der Waals surface area contributed by atoms with Crippen LogP contribution in [0, 0.1) is 17.2 Å². The molecule has 0 aliphatic rings. The van der Waals surface area contributed by atoms with Crippen LogP contribution in [0.4, 0.5) is 0 Å². The van der Waals surface area contributed by atoms with Crippen molar-refractivity contribution in [3.05, 3.63) is 35.4 Å². The van der Waals surface area contributed by atoms with Crippen LogP contribution in [0.25, 0.3) is 0 Å². The van der Waals surface area contributed by atoms with Gasteiger partial charge in [-0.05, 0) is 29.5 Å². The van der Waals surface area contributed by atoms with E-state index in [-0.39, 0.29) is 5.91 Å². The number of hydrogen-bond acceptors (Lipinski definition) is 2. The molecule has 20 heavy (non-hydrogen) atoms. The van der Waals surface area contributed by atoms with Crippen molar-refractivity contribution in [2.75, 3.05) is 13.1 Å². The first-order valence-corrected chi connectivity index (χ1v) is 7.22. The highest BCUT2D eigenvalue weighted by Gasteiger charge is 2.16. The zero-order chi connectivity index (χ0) is 15.1. The number of carbonyl (C=O) groups excluding carboxylic acids is 1. The summed E-state index contributed by atoms with van der Waals surface area (Å²) in [6.45, 7) is 9.61. The third-order valence-corrected chi connectivity index (χ3v) is 3.19. The van der Waals surface area contributed by atoms with E-state index in [1.54, 1.807) is 4.90 Å². The number of hydrogen-bond donors (Lipinski definition) is 0. The molecule has 0 atom stereocenters. The highest BCUT2D eigenvalue weighted by molar-refractivity contribution is 5.94. The summed E-state index contributed by atoms with van der Waals surface area (Å²) in [6.07, 6.45) is 0.378. The lowest BCUT2D eigenvalue weighted by Crippen LogP contribution is -2.35. The van der Waals surface area contributed by atoms with Crippen LogP contribution in [0.2, 0.25) is 0 Å². The summed E-state index contributed by atoms with van der Waals surface area (Å²) in [6, 6.07) is 9.90. The Morgan fingerprint density at radius 2 is 1.80 bits per heavy atom. The Bertz CT molecular complexity index is 469. The second-order valence-corrected chi connectivity index (χ2v) is 5.83. The first-order chi connectivity index (χ1) is 9.45. The van der Waals surface area contributed by atoms with Crippen LogP contribution < -0.4 is 0 Å². The van der Waals surface area contributed by atoms with E-state index >= 15 is 0 Å². The Labute approximate surface area is 122 Å². The third kappa shape index (κ3) is 4.70. The standard InChI is InChI=1S/C17H24N2O/c1-13(2)12-19(11-5-10-18)17(20)16-8-6-15(7-9-16)14(3)4/h6-9,13-14H,5,11-12H2,1-4H3. The maximum absolute atomic E-state index is 12.5. The van der Waals surface area contributed by atoms with Crippen molar-refractivity contribution in [3.8, 4) is 6.07 Å². The van der Waals surface area contributed by atoms with Crippen molar-refractivity contribution in [3.63, 3.8) is 0 Å². The molecule has 108 valence electrons. The monoisotopic (exact) mass is 272 g/mol. The normalized spacial score (nSPS) is 10.7. The van der Waals surface area contributed by atoms with Crippen molar-refractivity contribution >= 4 is 5.91 Å². The van der Waals surface area contributed by atoms with Gasteiger partial charge in [0.05, 0.1) is 12.5 Å². The molecule has 0 saturated heterocycles. The van der Waals surface area contributed by atoms with Crippen molar-refractivity contribution < 1.29 is 4.79 Å². The van der Waals surface area contributed by atoms with Gasteiger partial charge in [-0.25, -0.2) is 0 Å². The van der Waals surface area contributed by atoms with Gasteiger partial charge in [0.25, 0.3) is 5.91 Å². The molecule has 1 aromatic carbocycles. The largest absolute Gasteiger partial charge is 0.337 e. The Kier molecular flexibility index (Phi) is 6.24. The van der Waals surface area contributed by atoms with Crippen LogP contribution in [0.1, 0.15) is 56.0 Å². The van der Waals surface area contributed by atoms with Gasteiger partial charge in [0, 0.05) is 18.7 Å². The molecule has 0 aliphatic carbocycles. The van der Waals surface area contributed by atoms with Gasteiger partial charge >= 0.3 is 0 Å². The van der Waals surface area contributed by atoms with Gasteiger partial charge in [-0.15, -0.1) is 0 Å². The minimum atomic E-state index is 0.0178. The molecular formula is C17H24N2O. The highest BCUT2D eigenvalue weighted by Crippen LogP contribution is 2.16. The molecule has 1 aromatic rings. The zero-order valence-corrected chi connectivity index (χ0v) is 12.9. The Balaban J connectivity index is 2.85. The minimum absolute atomic E-state index is 0.0178. The van der Waals surface area contributed by atoms with Crippen LogP contribution in [0.15, 0.2) is 24.3 Å². The molecule has 0 bridgehead atoms. The van der Waals surface area contributed by atoms with Gasteiger partial charge in [0.1, 0.15) is 0 Å². The molecule has 1 amide bonds. The highest BCUT2D eigenvalue weighted by atomic mass is 16.2. The number of rotatable bonds is 6. The summed E-state index contributed by atoms with van der Waals surface area (Å²) in [5, 5.41) is 8.71. The van der Waals surface area contributed by atoms with Gasteiger partial charge in [-0.2, -0.15) is 5.26 Å². The summed E-state index contributed by atoms with van der Waals surface area (Å²) in [7, 11) is 0. The lowest BCUT2D eigenvalue weighted by molar-refractivity contribution is 0.0740. The molecule has 1 rings (SSSR count). The van der Waals surface area contributed by atoms with Gasteiger partial charge in [0.15, 0.2) is 0 Å². The van der Waals surface area contributed by atoms with Crippen molar-refractivity contribution in [2.24, 2.45) is 5.92 Å². The molecule has 0 N–H and O–H groups in total. The third-order valence-electron chi connectivity index (χ3n) is 3.19. The fraction of sp³-hybridized carbons (Fsp3) is 0.529. The molecule has 0 fully saturated rings. The van der Waals surface area contributed by atoms with Crippen LogP contribution in [-0.4, -0.2) is 23.9 Å². The topological polar surface area (TPSA) is 44.1 Å². The maximum atomic E-state index is 12.5. The van der Waals surface area contributed by atoms with E-state index in [0.717, 1.165) is 0 Å². The number of amides is 1. The summed E-state index contributed by atoms with van der Waals surface area (Å²) >= 11 is 0. The second kappa shape index (κ2) is 7.69.